The van der Waals surface area contributed by atoms with Crippen LogP contribution in [0.4, 0.5) is 0 Å². The summed E-state index contributed by atoms with van der Waals surface area (Å²) in [5.74, 6) is 0.901. The number of benzene rings is 2. The van der Waals surface area contributed by atoms with Crippen molar-refractivity contribution in [2.45, 2.75) is 44.0 Å². The second kappa shape index (κ2) is 6.67. The molecule has 0 spiro atoms. The van der Waals surface area contributed by atoms with Crippen molar-refractivity contribution < 1.29 is 0 Å². The third kappa shape index (κ3) is 4.62. The Kier molecular flexibility index (Phi) is 5.13. The van der Waals surface area contributed by atoms with Crippen LogP contribution in [0.25, 0.3) is 0 Å². The lowest BCUT2D eigenvalue weighted by atomic mass is 9.87. The predicted molar refractivity (Wildman–Crippen MR) is 94.0 cm³/mol. The molecule has 0 aliphatic heterocycles. The highest BCUT2D eigenvalue weighted by atomic mass is 32.2. The zero-order valence-corrected chi connectivity index (χ0v) is 14.2. The fraction of sp³-hybridized carbons (Fsp3) is 0.368. The van der Waals surface area contributed by atoms with E-state index in [2.05, 4.69) is 76.2 Å². The van der Waals surface area contributed by atoms with Crippen LogP contribution in [-0.4, -0.2) is 5.75 Å². The van der Waals surface area contributed by atoms with Crippen LogP contribution in [0.1, 0.15) is 43.5 Å². The summed E-state index contributed by atoms with van der Waals surface area (Å²) >= 11 is 1.82. The Morgan fingerprint density at radius 1 is 0.952 bits per heavy atom. The minimum atomic E-state index is 0.0814. The largest absolute Gasteiger partial charge is 0.323 e. The van der Waals surface area contributed by atoms with Gasteiger partial charge in [0.05, 0.1) is 0 Å². The van der Waals surface area contributed by atoms with Crippen molar-refractivity contribution in [3.8, 4) is 0 Å². The first-order chi connectivity index (χ1) is 9.86. The quantitative estimate of drug-likeness (QED) is 0.796. The van der Waals surface area contributed by atoms with Crippen LogP contribution in [0, 0.1) is 6.92 Å². The van der Waals surface area contributed by atoms with Crippen molar-refractivity contribution in [1.29, 1.82) is 0 Å². The van der Waals surface area contributed by atoms with Crippen molar-refractivity contribution in [3.63, 3.8) is 0 Å². The zero-order valence-electron chi connectivity index (χ0n) is 13.4. The Morgan fingerprint density at radius 3 is 2.05 bits per heavy atom. The molecular formula is C19H25NS. The van der Waals surface area contributed by atoms with Gasteiger partial charge >= 0.3 is 0 Å². The number of hydrogen-bond acceptors (Lipinski definition) is 2. The summed E-state index contributed by atoms with van der Waals surface area (Å²) in [5.41, 5.74) is 10.3. The summed E-state index contributed by atoms with van der Waals surface area (Å²) in [4.78, 5) is 1.28. The molecule has 0 aliphatic rings. The molecule has 2 rings (SSSR count). The van der Waals surface area contributed by atoms with E-state index in [9.17, 15) is 0 Å². The van der Waals surface area contributed by atoms with Gasteiger partial charge in [-0.05, 0) is 35.6 Å². The Balaban J connectivity index is 1.95. The predicted octanol–water partition coefficient (Wildman–Crippen LogP) is 5.08. The minimum Gasteiger partial charge on any atom is -0.323 e. The van der Waals surface area contributed by atoms with Gasteiger partial charge in [-0.1, -0.05) is 62.7 Å². The van der Waals surface area contributed by atoms with E-state index in [1.807, 2.05) is 11.8 Å². The fourth-order valence-electron chi connectivity index (χ4n) is 2.15. The average molecular weight is 299 g/mol. The van der Waals surface area contributed by atoms with E-state index >= 15 is 0 Å². The lowest BCUT2D eigenvalue weighted by Gasteiger charge is -2.19. The third-order valence-corrected chi connectivity index (χ3v) is 4.79. The average Bonchev–Trinajstić information content (AvgIpc) is 2.45. The first kappa shape index (κ1) is 16.1. The van der Waals surface area contributed by atoms with Crippen molar-refractivity contribution in [3.05, 3.63) is 65.2 Å². The molecule has 21 heavy (non-hydrogen) atoms. The Bertz CT molecular complexity index is 564. The molecule has 0 heterocycles. The smallest absolute Gasteiger partial charge is 0.0390 e. The summed E-state index contributed by atoms with van der Waals surface area (Å²) in [6.45, 7) is 8.81. The van der Waals surface area contributed by atoms with Gasteiger partial charge in [-0.2, -0.15) is 0 Å². The van der Waals surface area contributed by atoms with Gasteiger partial charge in [0.25, 0.3) is 0 Å². The highest BCUT2D eigenvalue weighted by molar-refractivity contribution is 7.99. The van der Waals surface area contributed by atoms with E-state index in [-0.39, 0.29) is 11.5 Å². The van der Waals surface area contributed by atoms with Crippen molar-refractivity contribution in [1.82, 2.24) is 0 Å². The van der Waals surface area contributed by atoms with Crippen LogP contribution in [0.3, 0.4) is 0 Å². The van der Waals surface area contributed by atoms with E-state index in [4.69, 9.17) is 5.73 Å². The van der Waals surface area contributed by atoms with Gasteiger partial charge in [-0.25, -0.2) is 0 Å². The van der Waals surface area contributed by atoms with Gasteiger partial charge < -0.3 is 5.73 Å². The molecule has 0 bridgehead atoms. The molecule has 0 aliphatic carbocycles. The molecule has 2 aromatic carbocycles. The summed E-state index contributed by atoms with van der Waals surface area (Å²) in [7, 11) is 0. The number of thioether (sulfide) groups is 1. The number of nitrogens with two attached hydrogens (primary N) is 1. The van der Waals surface area contributed by atoms with Crippen LogP contribution in [0.15, 0.2) is 53.4 Å². The zero-order chi connectivity index (χ0) is 15.5. The minimum absolute atomic E-state index is 0.0814. The SMILES string of the molecule is Cc1ccc(C(N)CSc2ccc(C(C)(C)C)cc2)cc1. The van der Waals surface area contributed by atoms with E-state index < -0.39 is 0 Å². The van der Waals surface area contributed by atoms with Gasteiger partial charge in [0.2, 0.25) is 0 Å². The molecule has 0 saturated heterocycles. The van der Waals surface area contributed by atoms with Crippen LogP contribution < -0.4 is 5.73 Å². The number of hydrogen-bond donors (Lipinski definition) is 1. The topological polar surface area (TPSA) is 26.0 Å². The molecule has 1 unspecified atom stereocenters. The highest BCUT2D eigenvalue weighted by Gasteiger charge is 2.13. The highest BCUT2D eigenvalue weighted by Crippen LogP contribution is 2.27. The molecule has 2 aromatic rings. The second-order valence-electron chi connectivity index (χ2n) is 6.60. The van der Waals surface area contributed by atoms with Crippen LogP contribution in [0.5, 0.6) is 0 Å². The van der Waals surface area contributed by atoms with Crippen molar-refractivity contribution >= 4 is 11.8 Å². The van der Waals surface area contributed by atoms with Crippen LogP contribution in [-0.2, 0) is 5.41 Å². The summed E-state index contributed by atoms with van der Waals surface area (Å²) in [6, 6.07) is 17.4. The Morgan fingerprint density at radius 2 is 1.52 bits per heavy atom. The molecule has 0 amide bonds. The summed E-state index contributed by atoms with van der Waals surface area (Å²) in [6.07, 6.45) is 0. The van der Waals surface area contributed by atoms with Gasteiger partial charge in [0.1, 0.15) is 0 Å². The maximum atomic E-state index is 6.27. The molecule has 0 fully saturated rings. The molecular weight excluding hydrogens is 274 g/mol. The van der Waals surface area contributed by atoms with Crippen molar-refractivity contribution in [2.75, 3.05) is 5.75 Å². The maximum Gasteiger partial charge on any atom is 0.0390 e. The van der Waals surface area contributed by atoms with Gasteiger partial charge in [0.15, 0.2) is 0 Å². The molecule has 2 heteroatoms. The molecule has 2 N–H and O–H groups in total. The van der Waals surface area contributed by atoms with Crippen LogP contribution >= 0.6 is 11.8 Å². The lowest BCUT2D eigenvalue weighted by Crippen LogP contribution is -2.13. The van der Waals surface area contributed by atoms with Gasteiger partial charge in [0, 0.05) is 16.7 Å². The fourth-order valence-corrected chi connectivity index (χ4v) is 3.04. The monoisotopic (exact) mass is 299 g/mol. The van der Waals surface area contributed by atoms with E-state index in [1.54, 1.807) is 0 Å². The second-order valence-corrected chi connectivity index (χ2v) is 7.70. The van der Waals surface area contributed by atoms with E-state index in [0.717, 1.165) is 5.75 Å². The first-order valence-electron chi connectivity index (χ1n) is 7.42. The normalized spacial score (nSPS) is 13.2. The van der Waals surface area contributed by atoms with Crippen LogP contribution in [0.2, 0.25) is 0 Å². The number of aryl methyl sites for hydroxylation is 1. The maximum absolute atomic E-state index is 6.27. The first-order valence-corrected chi connectivity index (χ1v) is 8.40. The molecule has 0 radical (unpaired) electrons. The number of rotatable bonds is 4. The lowest BCUT2D eigenvalue weighted by molar-refractivity contribution is 0.590. The molecule has 0 aromatic heterocycles. The van der Waals surface area contributed by atoms with E-state index in [0.29, 0.717) is 0 Å². The molecule has 1 nitrogen and oxygen atoms in total. The standard InChI is InChI=1S/C19H25NS/c1-14-5-7-15(8-6-14)18(20)13-21-17-11-9-16(10-12-17)19(2,3)4/h5-12,18H,13,20H2,1-4H3. The summed E-state index contributed by atoms with van der Waals surface area (Å²) < 4.78 is 0. The Hall–Kier alpha value is -1.25. The van der Waals surface area contributed by atoms with E-state index in [1.165, 1.54) is 21.6 Å². The van der Waals surface area contributed by atoms with Crippen molar-refractivity contribution in [2.24, 2.45) is 5.73 Å². The Labute approximate surface area is 133 Å². The molecule has 0 saturated carbocycles. The summed E-state index contributed by atoms with van der Waals surface area (Å²) in [5, 5.41) is 0. The molecule has 1 atom stereocenters. The van der Waals surface area contributed by atoms with Gasteiger partial charge in [-0.3, -0.25) is 0 Å². The van der Waals surface area contributed by atoms with Gasteiger partial charge in [-0.15, -0.1) is 11.8 Å². The molecule has 112 valence electrons. The third-order valence-electron chi connectivity index (χ3n) is 3.66.